The molecular formula is C17H20N2O2. The van der Waals surface area contributed by atoms with E-state index in [2.05, 4.69) is 10.6 Å². The zero-order valence-corrected chi connectivity index (χ0v) is 12.6. The molecule has 0 aromatic heterocycles. The predicted molar refractivity (Wildman–Crippen MR) is 84.9 cm³/mol. The van der Waals surface area contributed by atoms with Crippen LogP contribution in [0.2, 0.25) is 0 Å². The number of hydrogen-bond donors (Lipinski definition) is 2. The lowest BCUT2D eigenvalue weighted by Crippen LogP contribution is -2.23. The monoisotopic (exact) mass is 284 g/mol. The molecule has 0 saturated carbocycles. The minimum absolute atomic E-state index is 0.0639. The quantitative estimate of drug-likeness (QED) is 0.887. The minimum Gasteiger partial charge on any atom is -0.497 e. The summed E-state index contributed by atoms with van der Waals surface area (Å²) in [4.78, 5) is 12.2. The van der Waals surface area contributed by atoms with Crippen LogP contribution < -0.4 is 15.4 Å². The van der Waals surface area contributed by atoms with Crippen LogP contribution in [0.15, 0.2) is 42.5 Å². The standard InChI is InChI=1S/C17H20N2O2/c1-12-10-14(18-2)6-9-16(12)17(20)19-11-13-4-7-15(21-3)8-5-13/h4-10,18H,11H2,1-3H3,(H,19,20). The fourth-order valence-corrected chi connectivity index (χ4v) is 2.09. The molecule has 110 valence electrons. The number of hydrogen-bond acceptors (Lipinski definition) is 3. The number of aryl methyl sites for hydroxylation is 1. The van der Waals surface area contributed by atoms with Gasteiger partial charge in [-0.3, -0.25) is 4.79 Å². The van der Waals surface area contributed by atoms with Crippen molar-refractivity contribution in [3.63, 3.8) is 0 Å². The highest BCUT2D eigenvalue weighted by Gasteiger charge is 2.09. The van der Waals surface area contributed by atoms with Crippen molar-refractivity contribution in [1.29, 1.82) is 0 Å². The fraction of sp³-hybridized carbons (Fsp3) is 0.235. The summed E-state index contributed by atoms with van der Waals surface area (Å²) in [6.07, 6.45) is 0. The summed E-state index contributed by atoms with van der Waals surface area (Å²) in [6, 6.07) is 13.3. The molecule has 0 bridgehead atoms. The molecule has 0 fully saturated rings. The van der Waals surface area contributed by atoms with E-state index in [1.54, 1.807) is 7.11 Å². The summed E-state index contributed by atoms with van der Waals surface area (Å²) >= 11 is 0. The van der Waals surface area contributed by atoms with E-state index < -0.39 is 0 Å². The van der Waals surface area contributed by atoms with Crippen LogP contribution in [0.3, 0.4) is 0 Å². The van der Waals surface area contributed by atoms with Gasteiger partial charge in [0, 0.05) is 24.8 Å². The molecule has 2 aromatic carbocycles. The van der Waals surface area contributed by atoms with E-state index in [0.717, 1.165) is 22.6 Å². The molecule has 4 nitrogen and oxygen atoms in total. The summed E-state index contributed by atoms with van der Waals surface area (Å²) < 4.78 is 5.11. The Morgan fingerprint density at radius 2 is 1.86 bits per heavy atom. The minimum atomic E-state index is -0.0639. The number of carbonyl (C=O) groups is 1. The van der Waals surface area contributed by atoms with E-state index in [-0.39, 0.29) is 5.91 Å². The first-order chi connectivity index (χ1) is 10.1. The van der Waals surface area contributed by atoms with Crippen LogP contribution in [0.4, 0.5) is 5.69 Å². The van der Waals surface area contributed by atoms with Crippen molar-refractivity contribution in [2.75, 3.05) is 19.5 Å². The zero-order chi connectivity index (χ0) is 15.2. The SMILES string of the molecule is CNc1ccc(C(=O)NCc2ccc(OC)cc2)c(C)c1. The number of anilines is 1. The number of benzene rings is 2. The number of carbonyl (C=O) groups excluding carboxylic acids is 1. The van der Waals surface area contributed by atoms with Gasteiger partial charge in [-0.05, 0) is 48.4 Å². The molecule has 0 aliphatic heterocycles. The van der Waals surface area contributed by atoms with Crippen LogP contribution in [0.25, 0.3) is 0 Å². The number of methoxy groups -OCH3 is 1. The summed E-state index contributed by atoms with van der Waals surface area (Å²) in [5.41, 5.74) is 3.68. The Hall–Kier alpha value is -2.49. The Morgan fingerprint density at radius 1 is 1.14 bits per heavy atom. The Morgan fingerprint density at radius 3 is 2.43 bits per heavy atom. The lowest BCUT2D eigenvalue weighted by molar-refractivity contribution is 0.0950. The number of nitrogens with one attached hydrogen (secondary N) is 2. The number of rotatable bonds is 5. The first-order valence-corrected chi connectivity index (χ1v) is 6.83. The van der Waals surface area contributed by atoms with Gasteiger partial charge in [-0.25, -0.2) is 0 Å². The van der Waals surface area contributed by atoms with Gasteiger partial charge in [-0.15, -0.1) is 0 Å². The van der Waals surface area contributed by atoms with E-state index in [1.807, 2.05) is 56.4 Å². The lowest BCUT2D eigenvalue weighted by Gasteiger charge is -2.10. The largest absolute Gasteiger partial charge is 0.497 e. The summed E-state index contributed by atoms with van der Waals surface area (Å²) in [7, 11) is 3.49. The molecule has 0 heterocycles. The normalized spacial score (nSPS) is 10.0. The van der Waals surface area contributed by atoms with E-state index in [0.29, 0.717) is 12.1 Å². The Labute approximate surface area is 125 Å². The van der Waals surface area contributed by atoms with Crippen LogP contribution in [-0.2, 0) is 6.54 Å². The molecule has 0 aliphatic rings. The second kappa shape index (κ2) is 6.79. The zero-order valence-electron chi connectivity index (χ0n) is 12.6. The maximum absolute atomic E-state index is 12.2. The Bertz CT molecular complexity index is 621. The molecule has 2 aromatic rings. The smallest absolute Gasteiger partial charge is 0.251 e. The average molecular weight is 284 g/mol. The van der Waals surface area contributed by atoms with E-state index in [4.69, 9.17) is 4.74 Å². The maximum Gasteiger partial charge on any atom is 0.251 e. The number of ether oxygens (including phenoxy) is 1. The molecule has 1 amide bonds. The van der Waals surface area contributed by atoms with Gasteiger partial charge in [0.15, 0.2) is 0 Å². The topological polar surface area (TPSA) is 50.4 Å². The van der Waals surface area contributed by atoms with Gasteiger partial charge in [-0.2, -0.15) is 0 Å². The van der Waals surface area contributed by atoms with Gasteiger partial charge < -0.3 is 15.4 Å². The van der Waals surface area contributed by atoms with E-state index in [1.165, 1.54) is 0 Å². The van der Waals surface area contributed by atoms with Gasteiger partial charge in [0.1, 0.15) is 5.75 Å². The average Bonchev–Trinajstić information content (AvgIpc) is 2.52. The molecule has 4 heteroatoms. The number of amides is 1. The first-order valence-electron chi connectivity index (χ1n) is 6.83. The van der Waals surface area contributed by atoms with Crippen molar-refractivity contribution in [2.24, 2.45) is 0 Å². The molecule has 21 heavy (non-hydrogen) atoms. The fourth-order valence-electron chi connectivity index (χ4n) is 2.09. The summed E-state index contributed by atoms with van der Waals surface area (Å²) in [5, 5.41) is 5.99. The second-order valence-corrected chi connectivity index (χ2v) is 4.81. The summed E-state index contributed by atoms with van der Waals surface area (Å²) in [5.74, 6) is 0.745. The highest BCUT2D eigenvalue weighted by atomic mass is 16.5. The first kappa shape index (κ1) is 14.9. The highest BCUT2D eigenvalue weighted by molar-refractivity contribution is 5.96. The van der Waals surface area contributed by atoms with Gasteiger partial charge in [0.25, 0.3) is 5.91 Å². The van der Waals surface area contributed by atoms with Crippen molar-refractivity contribution >= 4 is 11.6 Å². The highest BCUT2D eigenvalue weighted by Crippen LogP contribution is 2.15. The van der Waals surface area contributed by atoms with Crippen LogP contribution in [-0.4, -0.2) is 20.1 Å². The molecule has 2 N–H and O–H groups in total. The van der Waals surface area contributed by atoms with Gasteiger partial charge >= 0.3 is 0 Å². The third-order valence-corrected chi connectivity index (χ3v) is 3.37. The van der Waals surface area contributed by atoms with Crippen molar-refractivity contribution in [3.05, 3.63) is 59.2 Å². The van der Waals surface area contributed by atoms with Crippen molar-refractivity contribution in [1.82, 2.24) is 5.32 Å². The Kier molecular flexibility index (Phi) is 4.82. The molecule has 0 atom stereocenters. The van der Waals surface area contributed by atoms with Crippen molar-refractivity contribution in [2.45, 2.75) is 13.5 Å². The molecule has 0 aliphatic carbocycles. The third-order valence-electron chi connectivity index (χ3n) is 3.37. The second-order valence-electron chi connectivity index (χ2n) is 4.81. The Balaban J connectivity index is 2.00. The lowest BCUT2D eigenvalue weighted by atomic mass is 10.1. The maximum atomic E-state index is 12.2. The van der Waals surface area contributed by atoms with Gasteiger partial charge in [-0.1, -0.05) is 12.1 Å². The molecule has 0 spiro atoms. The van der Waals surface area contributed by atoms with Crippen LogP contribution in [0, 0.1) is 6.92 Å². The predicted octanol–water partition coefficient (Wildman–Crippen LogP) is 2.98. The molecule has 2 rings (SSSR count). The molecule has 0 saturated heterocycles. The van der Waals surface area contributed by atoms with Crippen molar-refractivity contribution in [3.8, 4) is 5.75 Å². The van der Waals surface area contributed by atoms with Crippen LogP contribution >= 0.6 is 0 Å². The molecule has 0 unspecified atom stereocenters. The molecule has 0 radical (unpaired) electrons. The van der Waals surface area contributed by atoms with E-state index >= 15 is 0 Å². The van der Waals surface area contributed by atoms with Crippen LogP contribution in [0.1, 0.15) is 21.5 Å². The molecular weight excluding hydrogens is 264 g/mol. The van der Waals surface area contributed by atoms with Gasteiger partial charge in [0.05, 0.1) is 7.11 Å². The van der Waals surface area contributed by atoms with Gasteiger partial charge in [0.2, 0.25) is 0 Å². The van der Waals surface area contributed by atoms with Crippen molar-refractivity contribution < 1.29 is 9.53 Å². The van der Waals surface area contributed by atoms with Crippen LogP contribution in [0.5, 0.6) is 5.75 Å². The third kappa shape index (κ3) is 3.75. The van der Waals surface area contributed by atoms with E-state index in [9.17, 15) is 4.79 Å². The summed E-state index contributed by atoms with van der Waals surface area (Å²) in [6.45, 7) is 2.43.